The minimum absolute atomic E-state index is 0.0236. The van der Waals surface area contributed by atoms with Gasteiger partial charge in [-0.1, -0.05) is 19.9 Å². The van der Waals surface area contributed by atoms with Crippen molar-refractivity contribution in [2.45, 2.75) is 25.7 Å². The SMILES string of the molecule is CCN(CC)S(=O)(=O)c1cc(C(=O)OCC(=O)c2ccc(F)cc2)ccc1C. The van der Waals surface area contributed by atoms with Crippen LogP contribution in [0.3, 0.4) is 0 Å². The van der Waals surface area contributed by atoms with Crippen molar-refractivity contribution in [1.29, 1.82) is 0 Å². The lowest BCUT2D eigenvalue weighted by Gasteiger charge is -2.20. The van der Waals surface area contributed by atoms with E-state index >= 15 is 0 Å². The van der Waals surface area contributed by atoms with Crippen LogP contribution in [0.1, 0.15) is 40.1 Å². The van der Waals surface area contributed by atoms with Gasteiger partial charge < -0.3 is 4.74 Å². The Bertz CT molecular complexity index is 967. The zero-order valence-electron chi connectivity index (χ0n) is 15.9. The Morgan fingerprint density at radius 2 is 1.57 bits per heavy atom. The highest BCUT2D eigenvalue weighted by atomic mass is 32.2. The molecule has 0 aliphatic rings. The van der Waals surface area contributed by atoms with E-state index in [1.807, 2.05) is 0 Å². The number of benzene rings is 2. The molecule has 150 valence electrons. The summed E-state index contributed by atoms with van der Waals surface area (Å²) in [5.74, 6) is -1.78. The molecule has 0 amide bonds. The normalized spacial score (nSPS) is 11.5. The van der Waals surface area contributed by atoms with Crippen molar-refractivity contribution in [3.8, 4) is 0 Å². The average molecular weight is 407 g/mol. The molecule has 0 aromatic heterocycles. The Morgan fingerprint density at radius 3 is 2.14 bits per heavy atom. The van der Waals surface area contributed by atoms with Crippen LogP contribution in [0.25, 0.3) is 0 Å². The van der Waals surface area contributed by atoms with Crippen LogP contribution >= 0.6 is 0 Å². The number of hydrogen-bond acceptors (Lipinski definition) is 5. The molecule has 6 nitrogen and oxygen atoms in total. The number of esters is 1. The number of Topliss-reactive ketones (excluding diaryl/α,β-unsaturated/α-hetero) is 1. The summed E-state index contributed by atoms with van der Waals surface area (Å²) in [5, 5.41) is 0. The van der Waals surface area contributed by atoms with Gasteiger partial charge in [0.05, 0.1) is 10.5 Å². The van der Waals surface area contributed by atoms with E-state index in [0.29, 0.717) is 18.7 Å². The lowest BCUT2D eigenvalue weighted by molar-refractivity contribution is 0.0474. The molecule has 8 heteroatoms. The molecule has 0 atom stereocenters. The van der Waals surface area contributed by atoms with Crippen LogP contribution < -0.4 is 0 Å². The van der Waals surface area contributed by atoms with Crippen molar-refractivity contribution in [1.82, 2.24) is 4.31 Å². The first-order valence-corrected chi connectivity index (χ1v) is 10.2. The molecule has 2 aromatic carbocycles. The third-order valence-corrected chi connectivity index (χ3v) is 6.44. The van der Waals surface area contributed by atoms with Crippen molar-refractivity contribution in [2.24, 2.45) is 0 Å². The molecule has 0 fully saturated rings. The second kappa shape index (κ2) is 9.07. The van der Waals surface area contributed by atoms with Crippen molar-refractivity contribution in [3.63, 3.8) is 0 Å². The van der Waals surface area contributed by atoms with Gasteiger partial charge in [-0.3, -0.25) is 4.79 Å². The third kappa shape index (κ3) is 4.82. The number of hydrogen-bond donors (Lipinski definition) is 0. The first-order chi connectivity index (χ1) is 13.2. The van der Waals surface area contributed by atoms with Crippen molar-refractivity contribution < 1.29 is 27.1 Å². The fourth-order valence-electron chi connectivity index (χ4n) is 2.64. The third-order valence-electron chi connectivity index (χ3n) is 4.25. The second-order valence-electron chi connectivity index (χ2n) is 6.08. The van der Waals surface area contributed by atoms with E-state index in [9.17, 15) is 22.4 Å². The average Bonchev–Trinajstić information content (AvgIpc) is 2.67. The minimum Gasteiger partial charge on any atom is -0.454 e. The molecular formula is C20H22FNO5S. The summed E-state index contributed by atoms with van der Waals surface area (Å²) < 4.78 is 44.7. The summed E-state index contributed by atoms with van der Waals surface area (Å²) in [7, 11) is -3.74. The van der Waals surface area contributed by atoms with E-state index in [0.717, 1.165) is 12.1 Å². The van der Waals surface area contributed by atoms with Gasteiger partial charge in [0.1, 0.15) is 5.82 Å². The maximum atomic E-state index is 12.9. The quantitative estimate of drug-likeness (QED) is 0.496. The number of rotatable bonds is 8. The molecule has 0 N–H and O–H groups in total. The molecule has 0 unspecified atom stereocenters. The highest BCUT2D eigenvalue weighted by Gasteiger charge is 2.25. The monoisotopic (exact) mass is 407 g/mol. The van der Waals surface area contributed by atoms with E-state index in [4.69, 9.17) is 4.74 Å². The van der Waals surface area contributed by atoms with Crippen molar-refractivity contribution >= 4 is 21.8 Å². The summed E-state index contributed by atoms with van der Waals surface area (Å²) in [5.41, 5.74) is 0.747. The van der Waals surface area contributed by atoms with Crippen LogP contribution in [0.2, 0.25) is 0 Å². The van der Waals surface area contributed by atoms with Gasteiger partial charge in [0.2, 0.25) is 10.0 Å². The van der Waals surface area contributed by atoms with Crippen LogP contribution in [0.5, 0.6) is 0 Å². The predicted octanol–water partition coefficient (Wildman–Crippen LogP) is 3.20. The molecule has 2 rings (SSSR count). The summed E-state index contributed by atoms with van der Waals surface area (Å²) in [6.07, 6.45) is 0. The number of nitrogens with zero attached hydrogens (tertiary/aromatic N) is 1. The van der Waals surface area contributed by atoms with E-state index in [-0.39, 0.29) is 16.0 Å². The molecule has 28 heavy (non-hydrogen) atoms. The van der Waals surface area contributed by atoms with Gasteiger partial charge in [0.25, 0.3) is 0 Å². The molecular weight excluding hydrogens is 385 g/mol. The van der Waals surface area contributed by atoms with E-state index in [1.165, 1.54) is 34.6 Å². The molecule has 0 saturated heterocycles. The number of carbonyl (C=O) groups is 2. The number of sulfonamides is 1. The van der Waals surface area contributed by atoms with Gasteiger partial charge in [0, 0.05) is 18.7 Å². The number of aryl methyl sites for hydroxylation is 1. The lowest BCUT2D eigenvalue weighted by atomic mass is 10.1. The molecule has 0 bridgehead atoms. The molecule has 0 saturated carbocycles. The number of ether oxygens (including phenoxy) is 1. The Balaban J connectivity index is 2.18. The number of carbonyl (C=O) groups excluding carboxylic acids is 2. The summed E-state index contributed by atoms with van der Waals surface area (Å²) >= 11 is 0. The first-order valence-electron chi connectivity index (χ1n) is 8.77. The Kier molecular flexibility index (Phi) is 7.04. The van der Waals surface area contributed by atoms with Crippen LogP contribution in [0.15, 0.2) is 47.4 Å². The molecule has 0 spiro atoms. The first kappa shape index (κ1) is 21.7. The fourth-order valence-corrected chi connectivity index (χ4v) is 4.35. The highest BCUT2D eigenvalue weighted by molar-refractivity contribution is 7.89. The maximum Gasteiger partial charge on any atom is 0.338 e. The van der Waals surface area contributed by atoms with Gasteiger partial charge in [0.15, 0.2) is 12.4 Å². The smallest absolute Gasteiger partial charge is 0.338 e. The summed E-state index contributed by atoms with van der Waals surface area (Å²) in [6.45, 7) is 5.18. The topological polar surface area (TPSA) is 80.8 Å². The maximum absolute atomic E-state index is 12.9. The largest absolute Gasteiger partial charge is 0.454 e. The molecule has 2 aromatic rings. The molecule has 0 aliphatic carbocycles. The van der Waals surface area contributed by atoms with Crippen molar-refractivity contribution in [3.05, 3.63) is 65.0 Å². The summed E-state index contributed by atoms with van der Waals surface area (Å²) in [6, 6.07) is 9.10. The Morgan fingerprint density at radius 1 is 1.00 bits per heavy atom. The van der Waals surface area contributed by atoms with Gasteiger partial charge in [-0.05, 0) is 48.9 Å². The van der Waals surface area contributed by atoms with Crippen molar-refractivity contribution in [2.75, 3.05) is 19.7 Å². The zero-order chi connectivity index (χ0) is 20.9. The standard InChI is InChI=1S/C20H22FNO5S/c1-4-22(5-2)28(25,26)19-12-16(7-6-14(19)3)20(24)27-13-18(23)15-8-10-17(21)11-9-15/h6-12H,4-5,13H2,1-3H3. The predicted molar refractivity (Wildman–Crippen MR) is 102 cm³/mol. The zero-order valence-corrected chi connectivity index (χ0v) is 16.8. The molecule has 0 radical (unpaired) electrons. The second-order valence-corrected chi connectivity index (χ2v) is 7.98. The fraction of sp³-hybridized carbons (Fsp3) is 0.300. The molecule has 0 heterocycles. The Hall–Kier alpha value is -2.58. The van der Waals surface area contributed by atoms with E-state index in [2.05, 4.69) is 0 Å². The van der Waals surface area contributed by atoms with Gasteiger partial charge in [-0.15, -0.1) is 0 Å². The van der Waals surface area contributed by atoms with Gasteiger partial charge in [-0.25, -0.2) is 17.6 Å². The van der Waals surface area contributed by atoms with Crippen LogP contribution in [-0.2, 0) is 14.8 Å². The van der Waals surface area contributed by atoms with Crippen LogP contribution in [-0.4, -0.2) is 44.2 Å². The van der Waals surface area contributed by atoms with Crippen LogP contribution in [0.4, 0.5) is 4.39 Å². The van der Waals surface area contributed by atoms with E-state index < -0.39 is 34.2 Å². The number of ketones is 1. The molecule has 0 aliphatic heterocycles. The minimum atomic E-state index is -3.74. The van der Waals surface area contributed by atoms with E-state index in [1.54, 1.807) is 20.8 Å². The summed E-state index contributed by atoms with van der Waals surface area (Å²) in [4.78, 5) is 24.4. The van der Waals surface area contributed by atoms with Gasteiger partial charge in [-0.2, -0.15) is 4.31 Å². The van der Waals surface area contributed by atoms with Crippen LogP contribution in [0, 0.1) is 12.7 Å². The lowest BCUT2D eigenvalue weighted by Crippen LogP contribution is -2.31. The number of halogens is 1. The van der Waals surface area contributed by atoms with Gasteiger partial charge >= 0.3 is 5.97 Å². The highest BCUT2D eigenvalue weighted by Crippen LogP contribution is 2.22. The Labute approximate surface area is 164 Å².